The van der Waals surface area contributed by atoms with Crippen LogP contribution in [0.5, 0.6) is 0 Å². The Morgan fingerprint density at radius 2 is 2.11 bits per heavy atom. The largest absolute Gasteiger partial charge is 0.392 e. The molecule has 1 aromatic heterocycles. The lowest BCUT2D eigenvalue weighted by molar-refractivity contribution is 0.208. The van der Waals surface area contributed by atoms with Crippen molar-refractivity contribution in [3.8, 4) is 0 Å². The van der Waals surface area contributed by atoms with Crippen molar-refractivity contribution in [1.82, 2.24) is 9.97 Å². The van der Waals surface area contributed by atoms with E-state index in [-0.39, 0.29) is 4.90 Å². The number of hydrogen-bond acceptors (Lipinski definition) is 6. The van der Waals surface area contributed by atoms with Gasteiger partial charge in [-0.25, -0.2) is 18.4 Å². The lowest BCUT2D eigenvalue weighted by atomic mass is 10.2. The van der Waals surface area contributed by atoms with Crippen LogP contribution < -0.4 is 5.32 Å². The fourth-order valence-electron chi connectivity index (χ4n) is 1.65. The third-order valence-electron chi connectivity index (χ3n) is 2.60. The van der Waals surface area contributed by atoms with E-state index in [0.29, 0.717) is 23.3 Å². The lowest BCUT2D eigenvalue weighted by Gasteiger charge is -2.10. The summed E-state index contributed by atoms with van der Waals surface area (Å²) in [4.78, 5) is 8.38. The predicted molar refractivity (Wildman–Crippen MR) is 72.8 cm³/mol. The molecule has 0 spiro atoms. The second-order valence-electron chi connectivity index (χ2n) is 4.40. The molecule has 0 aliphatic carbocycles. The van der Waals surface area contributed by atoms with Gasteiger partial charge in [0.1, 0.15) is 12.1 Å². The van der Waals surface area contributed by atoms with Crippen LogP contribution in [0.1, 0.15) is 6.92 Å². The molecular weight excluding hydrogens is 266 g/mol. The van der Waals surface area contributed by atoms with Gasteiger partial charge in [0.15, 0.2) is 9.84 Å². The number of aliphatic hydroxyl groups is 1. The van der Waals surface area contributed by atoms with Gasteiger partial charge in [0.2, 0.25) is 0 Å². The third kappa shape index (κ3) is 3.18. The number of fused-ring (bicyclic) bond motifs is 1. The number of aromatic nitrogens is 2. The highest BCUT2D eigenvalue weighted by Crippen LogP contribution is 2.22. The number of hydrogen-bond donors (Lipinski definition) is 2. The second-order valence-corrected chi connectivity index (χ2v) is 6.42. The second kappa shape index (κ2) is 5.10. The molecule has 0 saturated heterocycles. The minimum Gasteiger partial charge on any atom is -0.392 e. The first kappa shape index (κ1) is 13.7. The summed E-state index contributed by atoms with van der Waals surface area (Å²) in [6.45, 7) is 1.98. The van der Waals surface area contributed by atoms with Gasteiger partial charge in [-0.3, -0.25) is 0 Å². The van der Waals surface area contributed by atoms with Crippen LogP contribution in [0, 0.1) is 0 Å². The van der Waals surface area contributed by atoms with Crippen molar-refractivity contribution in [2.75, 3.05) is 18.1 Å². The van der Waals surface area contributed by atoms with Crippen molar-refractivity contribution in [3.63, 3.8) is 0 Å². The van der Waals surface area contributed by atoms with E-state index >= 15 is 0 Å². The highest BCUT2D eigenvalue weighted by Gasteiger charge is 2.11. The Morgan fingerprint density at radius 3 is 2.74 bits per heavy atom. The molecule has 0 bridgehead atoms. The summed E-state index contributed by atoms with van der Waals surface area (Å²) in [6, 6.07) is 4.69. The van der Waals surface area contributed by atoms with Gasteiger partial charge in [0, 0.05) is 18.2 Å². The Balaban J connectivity index is 2.52. The van der Waals surface area contributed by atoms with E-state index in [1.807, 2.05) is 0 Å². The first-order valence-electron chi connectivity index (χ1n) is 5.74. The Bertz CT molecular complexity index is 698. The number of sulfone groups is 1. The summed E-state index contributed by atoms with van der Waals surface area (Å²) in [5.41, 5.74) is 0.649. The summed E-state index contributed by atoms with van der Waals surface area (Å²) in [7, 11) is -3.28. The van der Waals surface area contributed by atoms with E-state index in [4.69, 9.17) is 0 Å². The zero-order valence-electron chi connectivity index (χ0n) is 10.7. The van der Waals surface area contributed by atoms with Crippen LogP contribution >= 0.6 is 0 Å². The fraction of sp³-hybridized carbons (Fsp3) is 0.333. The smallest absolute Gasteiger partial charge is 0.175 e. The predicted octanol–water partition coefficient (Wildman–Crippen LogP) is 0.826. The van der Waals surface area contributed by atoms with E-state index in [0.717, 1.165) is 6.26 Å². The summed E-state index contributed by atoms with van der Waals surface area (Å²) >= 11 is 0. The Labute approximate surface area is 111 Å². The van der Waals surface area contributed by atoms with Gasteiger partial charge >= 0.3 is 0 Å². The van der Waals surface area contributed by atoms with Crippen molar-refractivity contribution >= 4 is 26.6 Å². The molecule has 0 amide bonds. The normalized spacial score (nSPS) is 13.4. The van der Waals surface area contributed by atoms with E-state index in [1.165, 1.54) is 18.5 Å². The maximum Gasteiger partial charge on any atom is 0.175 e. The highest BCUT2D eigenvalue weighted by atomic mass is 32.2. The molecule has 0 saturated carbocycles. The SMILES string of the molecule is CC(O)CNc1ncnc2ccc(S(C)(=O)=O)cc12. The first-order chi connectivity index (χ1) is 8.88. The van der Waals surface area contributed by atoms with E-state index in [2.05, 4.69) is 15.3 Å². The van der Waals surface area contributed by atoms with Crippen molar-refractivity contribution < 1.29 is 13.5 Å². The molecule has 0 aliphatic rings. The monoisotopic (exact) mass is 281 g/mol. The topological polar surface area (TPSA) is 92.2 Å². The number of nitrogens with one attached hydrogen (secondary N) is 1. The van der Waals surface area contributed by atoms with Crippen LogP contribution in [-0.4, -0.2) is 42.4 Å². The minimum absolute atomic E-state index is 0.217. The van der Waals surface area contributed by atoms with E-state index < -0.39 is 15.9 Å². The van der Waals surface area contributed by atoms with Gasteiger partial charge in [0.05, 0.1) is 16.5 Å². The van der Waals surface area contributed by atoms with Crippen LogP contribution in [0.3, 0.4) is 0 Å². The number of benzene rings is 1. The van der Waals surface area contributed by atoms with Crippen LogP contribution in [0.4, 0.5) is 5.82 Å². The third-order valence-corrected chi connectivity index (χ3v) is 3.71. The van der Waals surface area contributed by atoms with Gasteiger partial charge in [0.25, 0.3) is 0 Å². The molecule has 19 heavy (non-hydrogen) atoms. The zero-order chi connectivity index (χ0) is 14.0. The molecule has 0 radical (unpaired) electrons. The standard InChI is InChI=1S/C12H15N3O3S/c1-8(16)6-13-12-10-5-9(19(2,17)18)3-4-11(10)14-7-15-12/h3-5,7-8,16H,6H2,1-2H3,(H,13,14,15). The average molecular weight is 281 g/mol. The number of nitrogens with zero attached hydrogens (tertiary/aromatic N) is 2. The van der Waals surface area contributed by atoms with E-state index in [1.54, 1.807) is 13.0 Å². The van der Waals surface area contributed by atoms with Crippen molar-refractivity contribution in [3.05, 3.63) is 24.5 Å². The maximum atomic E-state index is 11.6. The molecule has 2 N–H and O–H groups in total. The van der Waals surface area contributed by atoms with Gasteiger partial charge in [-0.05, 0) is 25.1 Å². The Morgan fingerprint density at radius 1 is 1.37 bits per heavy atom. The molecule has 1 unspecified atom stereocenters. The minimum atomic E-state index is -3.28. The van der Waals surface area contributed by atoms with Gasteiger partial charge in [-0.15, -0.1) is 0 Å². The summed E-state index contributed by atoms with van der Waals surface area (Å²) in [5.74, 6) is 0.511. The maximum absolute atomic E-state index is 11.6. The fourth-order valence-corrected chi connectivity index (χ4v) is 2.30. The van der Waals surface area contributed by atoms with Crippen molar-refractivity contribution in [2.24, 2.45) is 0 Å². The van der Waals surface area contributed by atoms with Gasteiger partial charge in [-0.2, -0.15) is 0 Å². The molecule has 2 aromatic rings. The van der Waals surface area contributed by atoms with Crippen LogP contribution in [0.25, 0.3) is 10.9 Å². The van der Waals surface area contributed by atoms with E-state index in [9.17, 15) is 13.5 Å². The van der Waals surface area contributed by atoms with Gasteiger partial charge in [-0.1, -0.05) is 0 Å². The molecule has 2 rings (SSSR count). The summed E-state index contributed by atoms with van der Waals surface area (Å²) in [6.07, 6.45) is 2.02. The molecule has 0 fully saturated rings. The summed E-state index contributed by atoms with van der Waals surface area (Å²) < 4.78 is 23.1. The molecule has 102 valence electrons. The Kier molecular flexibility index (Phi) is 3.68. The number of rotatable bonds is 4. The summed E-state index contributed by atoms with van der Waals surface area (Å²) in [5, 5.41) is 12.9. The molecule has 1 atom stereocenters. The van der Waals surface area contributed by atoms with Gasteiger partial charge < -0.3 is 10.4 Å². The lowest BCUT2D eigenvalue weighted by Crippen LogP contribution is -2.16. The van der Waals surface area contributed by atoms with Crippen LogP contribution in [0.15, 0.2) is 29.4 Å². The quantitative estimate of drug-likeness (QED) is 0.862. The average Bonchev–Trinajstić information content (AvgIpc) is 2.34. The Hall–Kier alpha value is -1.73. The zero-order valence-corrected chi connectivity index (χ0v) is 11.5. The number of aliphatic hydroxyl groups excluding tert-OH is 1. The molecular formula is C12H15N3O3S. The molecule has 7 heteroatoms. The van der Waals surface area contributed by atoms with Crippen molar-refractivity contribution in [2.45, 2.75) is 17.9 Å². The first-order valence-corrected chi connectivity index (χ1v) is 7.64. The number of anilines is 1. The molecule has 6 nitrogen and oxygen atoms in total. The molecule has 1 heterocycles. The van der Waals surface area contributed by atoms with Crippen LogP contribution in [0.2, 0.25) is 0 Å². The van der Waals surface area contributed by atoms with Crippen molar-refractivity contribution in [1.29, 1.82) is 0 Å². The molecule has 0 aliphatic heterocycles. The molecule has 1 aromatic carbocycles. The van der Waals surface area contributed by atoms with Crippen LogP contribution in [-0.2, 0) is 9.84 Å². The highest BCUT2D eigenvalue weighted by molar-refractivity contribution is 7.90.